The average molecular weight is 343 g/mol. The van der Waals surface area contributed by atoms with Crippen LogP contribution in [0.25, 0.3) is 0 Å². The van der Waals surface area contributed by atoms with Crippen LogP contribution in [0, 0.1) is 0 Å². The largest absolute Gasteiger partial charge is 0.385 e. The predicted octanol–water partition coefficient (Wildman–Crippen LogP) is 2.07. The predicted molar refractivity (Wildman–Crippen MR) is 102 cm³/mol. The first kappa shape index (κ1) is 19.0. The summed E-state index contributed by atoms with van der Waals surface area (Å²) in [6.07, 6.45) is 5.67. The standard InChI is InChI=1S/C19H29N5O/c1-3-20-19(22-11-7-15-25-2)23-12-10-18-21-13-14-24(18)16-17-8-5-4-6-9-17/h4-6,8-9,13-14H,3,7,10-12,15-16H2,1-2H3,(H2,20,22,23). The van der Waals surface area contributed by atoms with Crippen LogP contribution in [0.3, 0.4) is 0 Å². The fourth-order valence-electron chi connectivity index (χ4n) is 2.53. The minimum absolute atomic E-state index is 0.736. The summed E-state index contributed by atoms with van der Waals surface area (Å²) >= 11 is 0. The average Bonchev–Trinajstić information content (AvgIpc) is 3.06. The van der Waals surface area contributed by atoms with Crippen molar-refractivity contribution in [3.63, 3.8) is 0 Å². The first-order valence-electron chi connectivity index (χ1n) is 8.88. The summed E-state index contributed by atoms with van der Waals surface area (Å²) in [5.41, 5.74) is 1.28. The van der Waals surface area contributed by atoms with Gasteiger partial charge >= 0.3 is 0 Å². The number of benzene rings is 1. The van der Waals surface area contributed by atoms with E-state index >= 15 is 0 Å². The second-order valence-electron chi connectivity index (χ2n) is 5.74. The van der Waals surface area contributed by atoms with Gasteiger partial charge in [-0.2, -0.15) is 0 Å². The number of hydrogen-bond donors (Lipinski definition) is 2. The molecule has 0 bridgehead atoms. The molecule has 0 fully saturated rings. The maximum absolute atomic E-state index is 5.05. The molecule has 0 aliphatic carbocycles. The van der Waals surface area contributed by atoms with Crippen LogP contribution in [0.5, 0.6) is 0 Å². The number of nitrogens with zero attached hydrogens (tertiary/aromatic N) is 3. The zero-order valence-electron chi connectivity index (χ0n) is 15.2. The Morgan fingerprint density at radius 2 is 2.08 bits per heavy atom. The number of guanidine groups is 1. The number of nitrogens with one attached hydrogen (secondary N) is 2. The van der Waals surface area contributed by atoms with Crippen LogP contribution in [-0.2, 0) is 17.7 Å². The quantitative estimate of drug-likeness (QED) is 0.394. The number of hydrogen-bond acceptors (Lipinski definition) is 3. The molecule has 0 saturated heterocycles. The molecule has 1 aromatic carbocycles. The van der Waals surface area contributed by atoms with Crippen molar-refractivity contribution in [3.05, 3.63) is 54.1 Å². The summed E-state index contributed by atoms with van der Waals surface area (Å²) in [5, 5.41) is 6.64. The highest BCUT2D eigenvalue weighted by Gasteiger charge is 2.04. The number of ether oxygens (including phenoxy) is 1. The van der Waals surface area contributed by atoms with E-state index < -0.39 is 0 Å². The maximum atomic E-state index is 5.05. The van der Waals surface area contributed by atoms with E-state index in [0.29, 0.717) is 0 Å². The summed E-state index contributed by atoms with van der Waals surface area (Å²) in [6, 6.07) is 10.4. The van der Waals surface area contributed by atoms with Crippen molar-refractivity contribution in [1.82, 2.24) is 20.2 Å². The third-order valence-corrected chi connectivity index (χ3v) is 3.76. The van der Waals surface area contributed by atoms with Crippen molar-refractivity contribution in [2.24, 2.45) is 4.99 Å². The van der Waals surface area contributed by atoms with Crippen LogP contribution >= 0.6 is 0 Å². The van der Waals surface area contributed by atoms with E-state index in [1.807, 2.05) is 18.5 Å². The second kappa shape index (κ2) is 11.3. The Bertz CT molecular complexity index is 624. The molecule has 1 aromatic heterocycles. The minimum atomic E-state index is 0.736. The summed E-state index contributed by atoms with van der Waals surface area (Å²) in [4.78, 5) is 9.04. The van der Waals surface area contributed by atoms with Gasteiger partial charge in [0.2, 0.25) is 0 Å². The fraction of sp³-hybridized carbons (Fsp3) is 0.474. The highest BCUT2D eigenvalue weighted by molar-refractivity contribution is 5.79. The molecule has 0 spiro atoms. The molecule has 25 heavy (non-hydrogen) atoms. The molecule has 0 amide bonds. The second-order valence-corrected chi connectivity index (χ2v) is 5.74. The lowest BCUT2D eigenvalue weighted by atomic mass is 10.2. The van der Waals surface area contributed by atoms with E-state index in [9.17, 15) is 0 Å². The van der Waals surface area contributed by atoms with E-state index in [4.69, 9.17) is 4.74 Å². The first-order valence-corrected chi connectivity index (χ1v) is 8.88. The lowest BCUT2D eigenvalue weighted by Crippen LogP contribution is -2.38. The number of aromatic nitrogens is 2. The van der Waals surface area contributed by atoms with E-state index in [1.165, 1.54) is 5.56 Å². The zero-order chi connectivity index (χ0) is 17.7. The van der Waals surface area contributed by atoms with Gasteiger partial charge in [-0.15, -0.1) is 0 Å². The summed E-state index contributed by atoms with van der Waals surface area (Å²) in [5.74, 6) is 1.92. The van der Waals surface area contributed by atoms with Crippen molar-refractivity contribution >= 4 is 5.96 Å². The van der Waals surface area contributed by atoms with Crippen molar-refractivity contribution in [2.75, 3.05) is 33.4 Å². The van der Waals surface area contributed by atoms with Crippen LogP contribution in [0.15, 0.2) is 47.7 Å². The highest BCUT2D eigenvalue weighted by Crippen LogP contribution is 2.05. The number of imidazole rings is 1. The Morgan fingerprint density at radius 3 is 2.84 bits per heavy atom. The molecule has 2 N–H and O–H groups in total. The van der Waals surface area contributed by atoms with Crippen LogP contribution in [0.2, 0.25) is 0 Å². The van der Waals surface area contributed by atoms with Crippen molar-refractivity contribution in [1.29, 1.82) is 0 Å². The topological polar surface area (TPSA) is 63.5 Å². The zero-order valence-corrected chi connectivity index (χ0v) is 15.2. The number of methoxy groups -OCH3 is 1. The van der Waals surface area contributed by atoms with Gasteiger partial charge in [0.25, 0.3) is 0 Å². The van der Waals surface area contributed by atoms with Gasteiger partial charge in [0.05, 0.1) is 0 Å². The van der Waals surface area contributed by atoms with Crippen molar-refractivity contribution < 1.29 is 4.74 Å². The molecular weight excluding hydrogens is 314 g/mol. The van der Waals surface area contributed by atoms with Crippen LogP contribution in [0.4, 0.5) is 0 Å². The monoisotopic (exact) mass is 343 g/mol. The Kier molecular flexibility index (Phi) is 8.55. The van der Waals surface area contributed by atoms with Gasteiger partial charge < -0.3 is 19.9 Å². The molecule has 1 heterocycles. The van der Waals surface area contributed by atoms with Crippen LogP contribution < -0.4 is 10.6 Å². The molecule has 0 radical (unpaired) electrons. The van der Waals surface area contributed by atoms with Gasteiger partial charge in [-0.05, 0) is 18.9 Å². The highest BCUT2D eigenvalue weighted by atomic mass is 16.5. The summed E-state index contributed by atoms with van der Waals surface area (Å²) in [6.45, 7) is 6.05. The van der Waals surface area contributed by atoms with Gasteiger partial charge in [0.15, 0.2) is 5.96 Å². The molecule has 0 atom stereocenters. The third-order valence-electron chi connectivity index (χ3n) is 3.76. The maximum Gasteiger partial charge on any atom is 0.191 e. The lowest BCUT2D eigenvalue weighted by Gasteiger charge is -2.12. The molecule has 0 aliphatic heterocycles. The normalized spacial score (nSPS) is 11.5. The molecule has 136 valence electrons. The molecule has 6 nitrogen and oxygen atoms in total. The fourth-order valence-corrected chi connectivity index (χ4v) is 2.53. The van der Waals surface area contributed by atoms with Gasteiger partial charge in [0, 0.05) is 58.7 Å². The van der Waals surface area contributed by atoms with E-state index in [1.54, 1.807) is 7.11 Å². The number of rotatable bonds is 10. The van der Waals surface area contributed by atoms with Gasteiger partial charge in [0.1, 0.15) is 5.82 Å². The molecule has 6 heteroatoms. The Hall–Kier alpha value is -2.34. The summed E-state index contributed by atoms with van der Waals surface area (Å²) < 4.78 is 7.25. The molecular formula is C19H29N5O. The molecule has 0 saturated carbocycles. The number of aliphatic imine (C=N–C) groups is 1. The smallest absolute Gasteiger partial charge is 0.191 e. The lowest BCUT2D eigenvalue weighted by molar-refractivity contribution is 0.197. The van der Waals surface area contributed by atoms with Crippen molar-refractivity contribution in [3.8, 4) is 0 Å². The Balaban J connectivity index is 1.83. The third kappa shape index (κ3) is 6.97. The minimum Gasteiger partial charge on any atom is -0.385 e. The van der Waals surface area contributed by atoms with Gasteiger partial charge in [-0.1, -0.05) is 30.3 Å². The van der Waals surface area contributed by atoms with E-state index in [-0.39, 0.29) is 0 Å². The summed E-state index contributed by atoms with van der Waals surface area (Å²) in [7, 11) is 1.71. The molecule has 0 unspecified atom stereocenters. The van der Waals surface area contributed by atoms with Crippen LogP contribution in [-0.4, -0.2) is 48.9 Å². The van der Waals surface area contributed by atoms with E-state index in [0.717, 1.165) is 57.4 Å². The first-order chi connectivity index (χ1) is 12.3. The van der Waals surface area contributed by atoms with E-state index in [2.05, 4.69) is 56.4 Å². The van der Waals surface area contributed by atoms with Crippen molar-refractivity contribution in [2.45, 2.75) is 26.3 Å². The Morgan fingerprint density at radius 1 is 1.24 bits per heavy atom. The van der Waals surface area contributed by atoms with Gasteiger partial charge in [-0.25, -0.2) is 4.98 Å². The molecule has 0 aliphatic rings. The molecule has 2 rings (SSSR count). The van der Waals surface area contributed by atoms with Gasteiger partial charge in [-0.3, -0.25) is 4.99 Å². The van der Waals surface area contributed by atoms with Crippen LogP contribution in [0.1, 0.15) is 24.7 Å². The SMILES string of the molecule is CCNC(=NCCCOC)NCCc1nccn1Cc1ccccc1. The molecule has 2 aromatic rings. The Labute approximate surface area is 150 Å².